The van der Waals surface area contributed by atoms with Gasteiger partial charge in [-0.3, -0.25) is 0 Å². The first-order valence-corrected chi connectivity index (χ1v) is 12.1. The van der Waals surface area contributed by atoms with E-state index in [9.17, 15) is 9.90 Å². The van der Waals surface area contributed by atoms with Crippen molar-refractivity contribution >= 4 is 40.0 Å². The zero-order chi connectivity index (χ0) is 26.2. The van der Waals surface area contributed by atoms with Crippen molar-refractivity contribution in [2.75, 3.05) is 29.9 Å². The highest BCUT2D eigenvalue weighted by atomic mass is 16.5. The molecule has 6 rings (SSSR count). The summed E-state index contributed by atoms with van der Waals surface area (Å²) in [5.74, 6) is 2.82. The summed E-state index contributed by atoms with van der Waals surface area (Å²) in [6, 6.07) is 11.5. The molecule has 4 aromatic heterocycles. The predicted molar refractivity (Wildman–Crippen MR) is 141 cm³/mol. The van der Waals surface area contributed by atoms with Gasteiger partial charge in [-0.2, -0.15) is 5.10 Å². The van der Waals surface area contributed by atoms with Crippen LogP contribution in [0.5, 0.6) is 11.5 Å². The smallest absolute Gasteiger partial charge is 0.407 e. The normalized spacial score (nSPS) is 15.7. The largest absolute Gasteiger partial charge is 0.465 e. The summed E-state index contributed by atoms with van der Waals surface area (Å²) in [5, 5.41) is 17.7. The van der Waals surface area contributed by atoms with Gasteiger partial charge in [0, 0.05) is 49.0 Å². The SMILES string of the molecule is Cc1cc(Nc2ncnc3cnc(N4CCN(C(=O)O)C[C@@H]4C)cc23)ccc1Oc1ccn2ncnc2c1. The van der Waals surface area contributed by atoms with Crippen molar-refractivity contribution in [3.8, 4) is 11.5 Å². The van der Waals surface area contributed by atoms with Crippen molar-refractivity contribution in [2.24, 2.45) is 0 Å². The topological polar surface area (TPSA) is 134 Å². The van der Waals surface area contributed by atoms with Gasteiger partial charge >= 0.3 is 6.09 Å². The van der Waals surface area contributed by atoms with Crippen LogP contribution >= 0.6 is 0 Å². The Morgan fingerprint density at radius 2 is 1.97 bits per heavy atom. The van der Waals surface area contributed by atoms with Crippen LogP contribution in [0.25, 0.3) is 16.6 Å². The number of hydrogen-bond acceptors (Lipinski definition) is 9. The highest BCUT2D eigenvalue weighted by Crippen LogP contribution is 2.31. The summed E-state index contributed by atoms with van der Waals surface area (Å²) in [5.41, 5.74) is 3.22. The van der Waals surface area contributed by atoms with Crippen molar-refractivity contribution in [1.82, 2.24) is 34.4 Å². The van der Waals surface area contributed by atoms with E-state index in [2.05, 4.69) is 35.3 Å². The Morgan fingerprint density at radius 3 is 2.79 bits per heavy atom. The molecule has 1 atom stereocenters. The van der Waals surface area contributed by atoms with Crippen molar-refractivity contribution in [2.45, 2.75) is 19.9 Å². The summed E-state index contributed by atoms with van der Waals surface area (Å²) in [6.45, 7) is 5.39. The standard InChI is InChI=1S/C26H25N9O3/c1-16-9-18(3-4-22(16)38-19-5-6-35-24(10-19)29-15-31-35)32-25-20-11-23(27-12-21(20)28-14-30-25)34-8-7-33(26(36)37)13-17(34)2/h3-6,9-12,14-15,17H,7-8,13H2,1-2H3,(H,36,37)(H,28,30,32)/t17-/m0/s1. The highest BCUT2D eigenvalue weighted by Gasteiger charge is 2.27. The molecule has 12 heteroatoms. The van der Waals surface area contributed by atoms with E-state index in [1.165, 1.54) is 17.6 Å². The fraction of sp³-hybridized carbons (Fsp3) is 0.231. The lowest BCUT2D eigenvalue weighted by molar-refractivity contribution is 0.136. The van der Waals surface area contributed by atoms with Gasteiger partial charge in [-0.15, -0.1) is 0 Å². The van der Waals surface area contributed by atoms with Gasteiger partial charge in [0.05, 0.1) is 11.7 Å². The second-order valence-electron chi connectivity index (χ2n) is 9.19. The van der Waals surface area contributed by atoms with Gasteiger partial charge in [0.2, 0.25) is 0 Å². The number of nitrogens with zero attached hydrogens (tertiary/aromatic N) is 8. The maximum absolute atomic E-state index is 11.4. The molecule has 5 heterocycles. The van der Waals surface area contributed by atoms with Crippen LogP contribution in [-0.2, 0) is 0 Å². The third-order valence-electron chi connectivity index (χ3n) is 6.62. The molecule has 1 aromatic carbocycles. The number of fused-ring (bicyclic) bond motifs is 2. The molecule has 1 saturated heterocycles. The molecule has 38 heavy (non-hydrogen) atoms. The zero-order valence-electron chi connectivity index (χ0n) is 20.8. The first-order valence-electron chi connectivity index (χ1n) is 12.1. The number of pyridine rings is 2. The average molecular weight is 512 g/mol. The first kappa shape index (κ1) is 23.4. The zero-order valence-corrected chi connectivity index (χ0v) is 20.8. The van der Waals surface area contributed by atoms with E-state index in [0.29, 0.717) is 42.4 Å². The third kappa shape index (κ3) is 4.47. The molecule has 0 bridgehead atoms. The number of rotatable bonds is 5. The number of aromatic nitrogens is 6. The number of hydrogen-bond donors (Lipinski definition) is 2. The molecular weight excluding hydrogens is 486 g/mol. The number of amides is 1. The molecule has 5 aromatic rings. The monoisotopic (exact) mass is 511 g/mol. The fourth-order valence-corrected chi connectivity index (χ4v) is 4.64. The van der Waals surface area contributed by atoms with Gasteiger partial charge in [0.1, 0.15) is 35.8 Å². The van der Waals surface area contributed by atoms with E-state index < -0.39 is 6.09 Å². The van der Waals surface area contributed by atoms with Crippen LogP contribution in [0.3, 0.4) is 0 Å². The minimum atomic E-state index is -0.897. The van der Waals surface area contributed by atoms with E-state index >= 15 is 0 Å². The predicted octanol–water partition coefficient (Wildman–Crippen LogP) is 4.10. The lowest BCUT2D eigenvalue weighted by atomic mass is 10.1. The number of carboxylic acid groups (broad SMARTS) is 1. The fourth-order valence-electron chi connectivity index (χ4n) is 4.64. The Hall–Kier alpha value is -5.00. The molecule has 1 amide bonds. The number of benzene rings is 1. The van der Waals surface area contributed by atoms with Crippen LogP contribution in [-0.4, -0.2) is 71.3 Å². The van der Waals surface area contributed by atoms with E-state index in [1.54, 1.807) is 16.9 Å². The molecule has 1 aliphatic heterocycles. The average Bonchev–Trinajstić information content (AvgIpc) is 3.38. The molecular formula is C26H25N9O3. The third-order valence-corrected chi connectivity index (χ3v) is 6.62. The Balaban J connectivity index is 1.23. The number of ether oxygens (including phenoxy) is 1. The van der Waals surface area contributed by atoms with Crippen LogP contribution < -0.4 is 15.0 Å². The maximum Gasteiger partial charge on any atom is 0.407 e. The lowest BCUT2D eigenvalue weighted by Gasteiger charge is -2.39. The number of carbonyl (C=O) groups is 1. The van der Waals surface area contributed by atoms with Gasteiger partial charge < -0.3 is 25.0 Å². The summed E-state index contributed by atoms with van der Waals surface area (Å²) < 4.78 is 7.77. The minimum Gasteiger partial charge on any atom is -0.465 e. The van der Waals surface area contributed by atoms with Crippen molar-refractivity contribution < 1.29 is 14.6 Å². The molecule has 12 nitrogen and oxygen atoms in total. The second kappa shape index (κ2) is 9.47. The number of nitrogens with one attached hydrogen (secondary N) is 1. The second-order valence-corrected chi connectivity index (χ2v) is 9.19. The Bertz CT molecular complexity index is 1650. The number of aryl methyl sites for hydroxylation is 1. The summed E-state index contributed by atoms with van der Waals surface area (Å²) >= 11 is 0. The Labute approximate surface area is 217 Å². The van der Waals surface area contributed by atoms with E-state index in [0.717, 1.165) is 28.2 Å². The quantitative estimate of drug-likeness (QED) is 0.355. The van der Waals surface area contributed by atoms with E-state index in [-0.39, 0.29) is 6.04 Å². The summed E-state index contributed by atoms with van der Waals surface area (Å²) in [7, 11) is 0. The summed E-state index contributed by atoms with van der Waals surface area (Å²) in [6.07, 6.45) is 5.64. The van der Waals surface area contributed by atoms with E-state index in [4.69, 9.17) is 4.74 Å². The number of piperazine rings is 1. The van der Waals surface area contributed by atoms with Crippen molar-refractivity contribution in [3.05, 3.63) is 67.0 Å². The van der Waals surface area contributed by atoms with Crippen molar-refractivity contribution in [1.29, 1.82) is 0 Å². The molecule has 1 aliphatic rings. The Kier molecular flexibility index (Phi) is 5.83. The molecule has 0 radical (unpaired) electrons. The maximum atomic E-state index is 11.4. The van der Waals surface area contributed by atoms with Crippen LogP contribution in [0.1, 0.15) is 12.5 Å². The van der Waals surface area contributed by atoms with Gasteiger partial charge in [-0.1, -0.05) is 0 Å². The van der Waals surface area contributed by atoms with Crippen LogP contribution in [0.15, 0.2) is 61.4 Å². The molecule has 192 valence electrons. The van der Waals surface area contributed by atoms with Crippen LogP contribution in [0.4, 0.5) is 22.1 Å². The van der Waals surface area contributed by atoms with Crippen molar-refractivity contribution in [3.63, 3.8) is 0 Å². The van der Waals surface area contributed by atoms with Crippen LogP contribution in [0, 0.1) is 6.92 Å². The molecule has 0 saturated carbocycles. The van der Waals surface area contributed by atoms with Crippen LogP contribution in [0.2, 0.25) is 0 Å². The summed E-state index contributed by atoms with van der Waals surface area (Å²) in [4.78, 5) is 32.6. The minimum absolute atomic E-state index is 0.00787. The molecule has 0 aliphatic carbocycles. The van der Waals surface area contributed by atoms with Gasteiger partial charge in [0.25, 0.3) is 0 Å². The molecule has 0 spiro atoms. The van der Waals surface area contributed by atoms with Gasteiger partial charge in [0.15, 0.2) is 5.65 Å². The van der Waals surface area contributed by atoms with Gasteiger partial charge in [-0.25, -0.2) is 29.2 Å². The lowest BCUT2D eigenvalue weighted by Crippen LogP contribution is -2.53. The molecule has 2 N–H and O–H groups in total. The Morgan fingerprint density at radius 1 is 1.08 bits per heavy atom. The first-order chi connectivity index (χ1) is 18.4. The number of anilines is 3. The highest BCUT2D eigenvalue weighted by molar-refractivity contribution is 5.92. The molecule has 1 fully saturated rings. The molecule has 0 unspecified atom stereocenters. The van der Waals surface area contributed by atoms with Gasteiger partial charge in [-0.05, 0) is 49.7 Å². The van der Waals surface area contributed by atoms with E-state index in [1.807, 2.05) is 50.2 Å².